The molecule has 574 valence electrons. The van der Waals surface area contributed by atoms with Crippen LogP contribution in [0.15, 0.2) is 0 Å². The van der Waals surface area contributed by atoms with E-state index in [1.54, 1.807) is 0 Å². The van der Waals surface area contributed by atoms with Crippen LogP contribution in [0.25, 0.3) is 16.0 Å². The van der Waals surface area contributed by atoms with Crippen molar-refractivity contribution >= 4 is 0 Å². The van der Waals surface area contributed by atoms with Gasteiger partial charge in [-0.25, -0.2) is 0 Å². The first-order valence-corrected chi connectivity index (χ1v) is 42.2. The molecule has 0 unspecified atom stereocenters. The van der Waals surface area contributed by atoms with Crippen LogP contribution in [0, 0.1) is 0 Å². The number of unbranched alkanes of at least 4 members (excludes halogenated alkanes) is 60. The van der Waals surface area contributed by atoms with Gasteiger partial charge in [-0.2, -0.15) is 0 Å². The van der Waals surface area contributed by atoms with Gasteiger partial charge in [-0.3, -0.25) is 0 Å². The van der Waals surface area contributed by atoms with Crippen LogP contribution in [0.2, 0.25) is 0 Å². The summed E-state index contributed by atoms with van der Waals surface area (Å²) in [5.74, 6) is 0. The molecule has 2 N–H and O–H groups in total. The first-order valence-electron chi connectivity index (χ1n) is 42.2. The van der Waals surface area contributed by atoms with Crippen molar-refractivity contribution in [3.05, 3.63) is 16.0 Å². The molecule has 0 fully saturated rings. The summed E-state index contributed by atoms with van der Waals surface area (Å²) in [6.07, 6.45) is 94.7. The fourth-order valence-electron chi connectivity index (χ4n) is 11.7. The number of hydrogen-bond acceptors (Lipinski definition) is 2. The minimum Gasteiger partial charge on any atom is -1.00 e. The summed E-state index contributed by atoms with van der Waals surface area (Å²) >= 11 is 0. The molecule has 0 radical (unpaired) electrons. The van der Waals surface area contributed by atoms with E-state index in [4.69, 9.17) is 15.5 Å². The van der Waals surface area contributed by atoms with Gasteiger partial charge in [-0.15, -0.1) is 39.3 Å². The molecule has 0 bridgehead atoms. The molecule has 0 rings (SSSR count). The van der Waals surface area contributed by atoms with Crippen LogP contribution < -0.4 is 37.2 Å². The molecule has 0 saturated carbocycles. The molecule has 0 amide bonds. The second-order valence-corrected chi connectivity index (χ2v) is 27.7. The molecule has 0 heterocycles. The van der Waals surface area contributed by atoms with E-state index in [-0.39, 0.29) is 80.7 Å². The Labute approximate surface area is 646 Å². The maximum absolute atomic E-state index is 8.51. The summed E-state index contributed by atoms with van der Waals surface area (Å²) in [7, 11) is 0. The van der Waals surface area contributed by atoms with Gasteiger partial charge >= 0.3 is 21.7 Å². The number of halogens is 3. The third kappa shape index (κ3) is 141. The average Bonchev–Trinajstić information content (AvgIpc) is 3.55. The number of aliphatic hydroxyl groups is 2. The standard InChI is InChI=1S/C36H74N.2C16H34N.C10H22O.C6H14O.3ClH.2Ti/c1-3-5-7-9-11-13-15-17-19-21-23-25-27-29-31-33-35-37-36-34-32-30-28-26-24-22-20-18-16-14-12-10-8-6-4-2;2*1-3-5-7-9-11-13-15-17-16-14-12-10-8-6-4-2;1-2-3-4-5-6-7-8-9-10-11;1-2-3-4-5-6-7;;;;;/h3-36H2,1-2H3;2*3-16H2,1-2H3;11H,2-10H2,1H3;7H,2-6H2,1H3;3*1H;;/q3*-1;;;;;;;+2/p-3. The van der Waals surface area contributed by atoms with E-state index in [0.717, 1.165) is 52.1 Å². The van der Waals surface area contributed by atoms with Crippen molar-refractivity contribution < 1.29 is 90.9 Å². The van der Waals surface area contributed by atoms with Crippen molar-refractivity contribution in [1.29, 1.82) is 0 Å². The summed E-state index contributed by atoms with van der Waals surface area (Å²) in [5, 5.41) is 30.8. The Morgan fingerprint density at radius 1 is 0.149 bits per heavy atom. The van der Waals surface area contributed by atoms with Crippen LogP contribution in [-0.2, 0) is 43.4 Å². The Hall–Kier alpha value is 2.10. The quantitative estimate of drug-likeness (QED) is 0.0470. The third-order valence-electron chi connectivity index (χ3n) is 18.0. The molecular formula is C84H178Cl3N3O2Ti2-4. The van der Waals surface area contributed by atoms with Gasteiger partial charge in [-0.05, 0) is 12.8 Å². The normalized spacial score (nSPS) is 10.4. The Bertz CT molecular complexity index is 958. The summed E-state index contributed by atoms with van der Waals surface area (Å²) in [5.41, 5.74) is 0. The van der Waals surface area contributed by atoms with Crippen molar-refractivity contribution in [2.24, 2.45) is 0 Å². The zero-order valence-electron chi connectivity index (χ0n) is 66.1. The van der Waals surface area contributed by atoms with Gasteiger partial charge in [0.15, 0.2) is 0 Å². The summed E-state index contributed by atoms with van der Waals surface area (Å²) in [4.78, 5) is 0. The van der Waals surface area contributed by atoms with Gasteiger partial charge in [-0.1, -0.05) is 479 Å². The Morgan fingerprint density at radius 3 is 0.340 bits per heavy atom. The summed E-state index contributed by atoms with van der Waals surface area (Å²) in [6, 6.07) is 0. The molecule has 0 aliphatic carbocycles. The largest absolute Gasteiger partial charge is 2.00 e. The van der Waals surface area contributed by atoms with Crippen LogP contribution in [0.4, 0.5) is 0 Å². The van der Waals surface area contributed by atoms with E-state index in [2.05, 4.69) is 66.0 Å². The van der Waals surface area contributed by atoms with Gasteiger partial charge in [0, 0.05) is 34.9 Å². The number of nitrogens with zero attached hydrogens (tertiary/aromatic N) is 3. The minimum absolute atomic E-state index is 0. The van der Waals surface area contributed by atoms with E-state index in [0.29, 0.717) is 13.2 Å². The zero-order valence-corrected chi connectivity index (χ0v) is 71.5. The molecule has 0 aromatic heterocycles. The van der Waals surface area contributed by atoms with E-state index >= 15 is 0 Å². The van der Waals surface area contributed by atoms with Gasteiger partial charge in [0.2, 0.25) is 0 Å². The maximum atomic E-state index is 8.51. The predicted molar refractivity (Wildman–Crippen MR) is 413 cm³/mol. The van der Waals surface area contributed by atoms with Crippen LogP contribution in [0.3, 0.4) is 0 Å². The molecule has 0 saturated heterocycles. The van der Waals surface area contributed by atoms with Crippen LogP contribution in [0.5, 0.6) is 0 Å². The van der Waals surface area contributed by atoms with E-state index in [9.17, 15) is 0 Å². The third-order valence-corrected chi connectivity index (χ3v) is 18.0. The van der Waals surface area contributed by atoms with Gasteiger partial charge in [0.1, 0.15) is 0 Å². The van der Waals surface area contributed by atoms with Gasteiger partial charge in [0.05, 0.1) is 0 Å². The Kier molecular flexibility index (Phi) is 160. The molecule has 0 aromatic carbocycles. The molecule has 0 aliphatic rings. The van der Waals surface area contributed by atoms with Crippen molar-refractivity contribution in [2.45, 2.75) is 492 Å². The van der Waals surface area contributed by atoms with Crippen molar-refractivity contribution in [3.63, 3.8) is 0 Å². The van der Waals surface area contributed by atoms with Crippen LogP contribution >= 0.6 is 0 Å². The molecule has 94 heavy (non-hydrogen) atoms. The summed E-state index contributed by atoms with van der Waals surface area (Å²) in [6.45, 7) is 25.5. The summed E-state index contributed by atoms with van der Waals surface area (Å²) < 4.78 is 0. The smallest absolute Gasteiger partial charge is 1.00 e. The molecule has 0 atom stereocenters. The van der Waals surface area contributed by atoms with E-state index in [1.807, 2.05) is 0 Å². The predicted octanol–water partition coefficient (Wildman–Crippen LogP) is 21.7. The topological polar surface area (TPSA) is 82.8 Å². The zero-order chi connectivity index (χ0) is 65.9. The molecule has 0 spiro atoms. The molecular weight excluding hydrogens is 1290 g/mol. The minimum atomic E-state index is 0. The number of hydrogen-bond donors (Lipinski definition) is 2. The fraction of sp³-hybridized carbons (Fsp3) is 1.00. The van der Waals surface area contributed by atoms with Crippen molar-refractivity contribution in [2.75, 3.05) is 52.5 Å². The SMILES string of the molecule is CCCCCCCCCCCCCCCCCC[N-]CCCCCCCCCCCCCCCCCC.CCCCCCCCCCO.CCCCCCCC[N-]CCCCCCCC.CCCCCCCC[N-]CCCCCCCC.CCCCCCO.[Cl-].[Cl-].[Cl-].[Ti+2].[Ti]. The Balaban J connectivity index is -0.000000130. The second kappa shape index (κ2) is 128. The van der Waals surface area contributed by atoms with Gasteiger partial charge in [0.25, 0.3) is 0 Å². The van der Waals surface area contributed by atoms with Crippen LogP contribution in [0.1, 0.15) is 492 Å². The molecule has 5 nitrogen and oxygen atoms in total. The molecule has 10 heteroatoms. The molecule has 0 aliphatic heterocycles. The number of rotatable bonds is 74. The van der Waals surface area contributed by atoms with E-state index in [1.165, 1.54) is 424 Å². The van der Waals surface area contributed by atoms with Crippen LogP contribution in [-0.4, -0.2) is 62.7 Å². The first kappa shape index (κ1) is 117. The maximum Gasteiger partial charge on any atom is 2.00 e. The molecule has 0 aromatic rings. The number of aliphatic hydroxyl groups excluding tert-OH is 2. The second-order valence-electron chi connectivity index (χ2n) is 27.7. The Morgan fingerprint density at radius 2 is 0.234 bits per heavy atom. The monoisotopic (exact) mass is 1460 g/mol. The average molecular weight is 1460 g/mol. The van der Waals surface area contributed by atoms with E-state index < -0.39 is 0 Å². The fourth-order valence-corrected chi connectivity index (χ4v) is 11.7. The van der Waals surface area contributed by atoms with Crippen molar-refractivity contribution in [3.8, 4) is 0 Å². The van der Waals surface area contributed by atoms with Gasteiger partial charge < -0.3 is 63.4 Å². The first-order chi connectivity index (χ1) is 44.1. The van der Waals surface area contributed by atoms with Crippen molar-refractivity contribution in [1.82, 2.24) is 0 Å².